The van der Waals surface area contributed by atoms with E-state index in [4.69, 9.17) is 4.74 Å². The minimum Gasteiger partial charge on any atom is -0.494 e. The Balaban J connectivity index is 1.77. The van der Waals surface area contributed by atoms with Gasteiger partial charge in [0.25, 0.3) is 11.5 Å². The van der Waals surface area contributed by atoms with Crippen molar-refractivity contribution in [3.05, 3.63) is 79.3 Å². The van der Waals surface area contributed by atoms with Gasteiger partial charge in [-0.05, 0) is 79.1 Å². The summed E-state index contributed by atoms with van der Waals surface area (Å²) >= 11 is 2.31. The Bertz CT molecular complexity index is 1180. The van der Waals surface area contributed by atoms with Crippen LogP contribution < -0.4 is 15.6 Å². The van der Waals surface area contributed by atoms with Crippen molar-refractivity contribution in [2.45, 2.75) is 51.9 Å². The molecule has 1 aromatic heterocycles. The standard InChI is InChI=1S/C27H29IN2O3/c1-3-33-21-15-13-20(14-16-21)29-26(31)23-22(18-11-9-17(2)10-12-18)24(28)25(30-27(23)32)19-7-5-4-6-8-19/h9-16,19H,3-8H2,1-2H3,(H,29,31)(H,30,32). The number of aromatic nitrogens is 1. The lowest BCUT2D eigenvalue weighted by molar-refractivity contribution is 0.102. The molecule has 0 spiro atoms. The van der Waals surface area contributed by atoms with E-state index in [0.717, 1.165) is 39.0 Å². The van der Waals surface area contributed by atoms with Crippen molar-refractivity contribution in [1.29, 1.82) is 0 Å². The molecule has 0 bridgehead atoms. The number of hydrogen-bond acceptors (Lipinski definition) is 3. The second kappa shape index (κ2) is 10.5. The minimum absolute atomic E-state index is 0.150. The Morgan fingerprint density at radius 3 is 2.36 bits per heavy atom. The molecule has 0 saturated heterocycles. The molecule has 33 heavy (non-hydrogen) atoms. The van der Waals surface area contributed by atoms with Crippen LogP contribution in [0.5, 0.6) is 5.75 Å². The predicted octanol–water partition coefficient (Wildman–Crippen LogP) is 6.65. The minimum atomic E-state index is -0.413. The molecule has 3 aromatic rings. The molecule has 0 atom stereocenters. The number of carbonyl (C=O) groups is 1. The van der Waals surface area contributed by atoms with Gasteiger partial charge in [0.15, 0.2) is 0 Å². The first-order valence-corrected chi connectivity index (χ1v) is 12.6. The molecule has 0 unspecified atom stereocenters. The quantitative estimate of drug-likeness (QED) is 0.334. The van der Waals surface area contributed by atoms with Crippen LogP contribution in [-0.4, -0.2) is 17.5 Å². The maximum atomic E-state index is 13.4. The molecule has 2 aromatic carbocycles. The summed E-state index contributed by atoms with van der Waals surface area (Å²) in [6.07, 6.45) is 5.71. The second-order valence-corrected chi connectivity index (χ2v) is 9.62. The largest absolute Gasteiger partial charge is 0.494 e. The van der Waals surface area contributed by atoms with Gasteiger partial charge in [0.2, 0.25) is 0 Å². The summed E-state index contributed by atoms with van der Waals surface area (Å²) in [4.78, 5) is 29.8. The molecule has 1 aliphatic carbocycles. The fourth-order valence-corrected chi connectivity index (χ4v) is 5.63. The summed E-state index contributed by atoms with van der Waals surface area (Å²) in [7, 11) is 0. The lowest BCUT2D eigenvalue weighted by Gasteiger charge is -2.24. The summed E-state index contributed by atoms with van der Waals surface area (Å²) in [6.45, 7) is 4.53. The van der Waals surface area contributed by atoms with Gasteiger partial charge in [-0.15, -0.1) is 0 Å². The van der Waals surface area contributed by atoms with Crippen molar-refractivity contribution < 1.29 is 9.53 Å². The molecule has 5 nitrogen and oxygen atoms in total. The van der Waals surface area contributed by atoms with E-state index in [1.807, 2.05) is 38.1 Å². The maximum absolute atomic E-state index is 13.4. The van der Waals surface area contributed by atoms with Gasteiger partial charge in [-0.2, -0.15) is 0 Å². The van der Waals surface area contributed by atoms with E-state index >= 15 is 0 Å². The fourth-order valence-electron chi connectivity index (χ4n) is 4.47. The lowest BCUT2D eigenvalue weighted by atomic mass is 9.85. The maximum Gasteiger partial charge on any atom is 0.261 e. The zero-order chi connectivity index (χ0) is 23.4. The highest BCUT2D eigenvalue weighted by Gasteiger charge is 2.27. The second-order valence-electron chi connectivity index (χ2n) is 8.54. The van der Waals surface area contributed by atoms with Gasteiger partial charge >= 0.3 is 0 Å². The number of benzene rings is 2. The number of carbonyl (C=O) groups excluding carboxylic acids is 1. The van der Waals surface area contributed by atoms with Crippen molar-refractivity contribution in [3.8, 4) is 16.9 Å². The third-order valence-corrected chi connectivity index (χ3v) is 7.31. The number of aromatic amines is 1. The van der Waals surface area contributed by atoms with Crippen LogP contribution in [0.15, 0.2) is 53.3 Å². The zero-order valence-corrected chi connectivity index (χ0v) is 21.2. The number of hydrogen-bond donors (Lipinski definition) is 2. The summed E-state index contributed by atoms with van der Waals surface area (Å²) in [6, 6.07) is 15.2. The lowest BCUT2D eigenvalue weighted by Crippen LogP contribution is -2.28. The number of pyridine rings is 1. The van der Waals surface area contributed by atoms with Gasteiger partial charge in [0.05, 0.1) is 6.61 Å². The summed E-state index contributed by atoms with van der Waals surface area (Å²) in [5.41, 5.74) is 4.11. The number of ether oxygens (including phenoxy) is 1. The number of aryl methyl sites for hydroxylation is 1. The summed E-state index contributed by atoms with van der Waals surface area (Å²) in [5.74, 6) is 0.648. The van der Waals surface area contributed by atoms with E-state index < -0.39 is 5.91 Å². The highest BCUT2D eigenvalue weighted by Crippen LogP contribution is 2.38. The number of halogens is 1. The van der Waals surface area contributed by atoms with E-state index in [1.165, 1.54) is 19.3 Å². The number of H-pyrrole nitrogens is 1. The molecule has 1 heterocycles. The molecular formula is C27H29IN2O3. The van der Waals surface area contributed by atoms with Gasteiger partial charge in [-0.3, -0.25) is 9.59 Å². The van der Waals surface area contributed by atoms with Crippen LogP contribution in [0.4, 0.5) is 5.69 Å². The van der Waals surface area contributed by atoms with Gasteiger partial charge < -0.3 is 15.0 Å². The fraction of sp³-hybridized carbons (Fsp3) is 0.333. The normalized spacial score (nSPS) is 14.2. The van der Waals surface area contributed by atoms with Gasteiger partial charge in [0.1, 0.15) is 11.3 Å². The summed E-state index contributed by atoms with van der Waals surface area (Å²) < 4.78 is 6.43. The molecule has 1 amide bonds. The highest BCUT2D eigenvalue weighted by molar-refractivity contribution is 14.1. The first-order chi connectivity index (χ1) is 16.0. The Kier molecular flexibility index (Phi) is 7.53. The van der Waals surface area contributed by atoms with Crippen molar-refractivity contribution in [2.24, 2.45) is 0 Å². The van der Waals surface area contributed by atoms with Crippen molar-refractivity contribution in [1.82, 2.24) is 4.98 Å². The first kappa shape index (κ1) is 23.5. The van der Waals surface area contributed by atoms with Crippen molar-refractivity contribution in [2.75, 3.05) is 11.9 Å². The smallest absolute Gasteiger partial charge is 0.261 e. The average molecular weight is 556 g/mol. The van der Waals surface area contributed by atoms with Crippen LogP contribution in [0, 0.1) is 10.5 Å². The SMILES string of the molecule is CCOc1ccc(NC(=O)c2c(-c3ccc(C)cc3)c(I)c(C3CCCCC3)[nH]c2=O)cc1. The van der Waals surface area contributed by atoms with Crippen LogP contribution in [0.3, 0.4) is 0 Å². The van der Waals surface area contributed by atoms with E-state index in [1.54, 1.807) is 24.3 Å². The van der Waals surface area contributed by atoms with E-state index in [0.29, 0.717) is 23.8 Å². The van der Waals surface area contributed by atoms with Crippen molar-refractivity contribution in [3.63, 3.8) is 0 Å². The van der Waals surface area contributed by atoms with Crippen LogP contribution in [-0.2, 0) is 0 Å². The molecule has 1 fully saturated rings. The first-order valence-electron chi connectivity index (χ1n) is 11.5. The Morgan fingerprint density at radius 2 is 1.73 bits per heavy atom. The van der Waals surface area contributed by atoms with Crippen LogP contribution in [0.2, 0.25) is 0 Å². The Morgan fingerprint density at radius 1 is 1.06 bits per heavy atom. The Hall–Kier alpha value is -2.61. The van der Waals surface area contributed by atoms with E-state index in [-0.39, 0.29) is 11.1 Å². The monoisotopic (exact) mass is 556 g/mol. The molecule has 6 heteroatoms. The zero-order valence-electron chi connectivity index (χ0n) is 19.0. The number of rotatable bonds is 6. The number of nitrogens with one attached hydrogen (secondary N) is 2. The molecule has 172 valence electrons. The third-order valence-electron chi connectivity index (χ3n) is 6.19. The molecule has 1 saturated carbocycles. The third kappa shape index (κ3) is 5.32. The molecule has 0 radical (unpaired) electrons. The average Bonchev–Trinajstić information content (AvgIpc) is 2.82. The number of amides is 1. The van der Waals surface area contributed by atoms with Crippen LogP contribution in [0.1, 0.15) is 66.6 Å². The van der Waals surface area contributed by atoms with Gasteiger partial charge in [-0.25, -0.2) is 0 Å². The molecular weight excluding hydrogens is 527 g/mol. The van der Waals surface area contributed by atoms with Gasteiger partial charge in [0, 0.05) is 26.4 Å². The molecule has 2 N–H and O–H groups in total. The molecule has 1 aliphatic rings. The van der Waals surface area contributed by atoms with Crippen LogP contribution in [0.25, 0.3) is 11.1 Å². The predicted molar refractivity (Wildman–Crippen MR) is 141 cm³/mol. The van der Waals surface area contributed by atoms with E-state index in [2.05, 4.69) is 32.9 Å². The van der Waals surface area contributed by atoms with Gasteiger partial charge in [-0.1, -0.05) is 49.1 Å². The Labute approximate surface area is 208 Å². The highest BCUT2D eigenvalue weighted by atomic mass is 127. The van der Waals surface area contributed by atoms with E-state index in [9.17, 15) is 9.59 Å². The van der Waals surface area contributed by atoms with Crippen LogP contribution >= 0.6 is 22.6 Å². The number of anilines is 1. The topological polar surface area (TPSA) is 71.2 Å². The molecule has 4 rings (SSSR count). The molecule has 0 aliphatic heterocycles. The summed E-state index contributed by atoms with van der Waals surface area (Å²) in [5, 5.41) is 2.90. The van der Waals surface area contributed by atoms with Crippen molar-refractivity contribution >= 4 is 34.2 Å².